The molecular weight excluding hydrogens is 310 g/mol. The summed E-state index contributed by atoms with van der Waals surface area (Å²) in [6.07, 6.45) is 0. The molecule has 0 spiro atoms. The van der Waals surface area contributed by atoms with Gasteiger partial charge in [-0.2, -0.15) is 0 Å². The molecule has 0 radical (unpaired) electrons. The van der Waals surface area contributed by atoms with Gasteiger partial charge in [0, 0.05) is 23.7 Å². The van der Waals surface area contributed by atoms with Crippen LogP contribution in [0.3, 0.4) is 0 Å². The Morgan fingerprint density at radius 1 is 1.37 bits per heavy atom. The Hall–Kier alpha value is -1.24. The Kier molecular flexibility index (Phi) is 4.68. The van der Waals surface area contributed by atoms with E-state index in [9.17, 15) is 5.11 Å². The highest BCUT2D eigenvalue weighted by Crippen LogP contribution is 2.25. The summed E-state index contributed by atoms with van der Waals surface area (Å²) in [6.45, 7) is 3.05. The number of hydrogen-bond donors (Lipinski definition) is 1. The zero-order valence-corrected chi connectivity index (χ0v) is 12.5. The Morgan fingerprint density at radius 2 is 2.16 bits per heavy atom. The molecule has 102 valence electrons. The summed E-state index contributed by atoms with van der Waals surface area (Å²) in [4.78, 5) is 0. The van der Waals surface area contributed by atoms with Crippen LogP contribution in [-0.4, -0.2) is 33.6 Å². The van der Waals surface area contributed by atoms with Crippen molar-refractivity contribution in [1.82, 2.24) is 14.8 Å². The maximum Gasteiger partial charge on any atom is 0.164 e. The lowest BCUT2D eigenvalue weighted by molar-refractivity contribution is 0.183. The van der Waals surface area contributed by atoms with E-state index >= 15 is 0 Å². The van der Waals surface area contributed by atoms with Gasteiger partial charge < -0.3 is 14.4 Å². The molecule has 0 saturated carbocycles. The maximum absolute atomic E-state index is 9.32. The fourth-order valence-corrected chi connectivity index (χ4v) is 2.42. The van der Waals surface area contributed by atoms with E-state index < -0.39 is 0 Å². The third kappa shape index (κ3) is 3.02. The van der Waals surface area contributed by atoms with Gasteiger partial charge in [0.15, 0.2) is 11.6 Å². The fourth-order valence-electron chi connectivity index (χ4n) is 1.95. The maximum atomic E-state index is 9.32. The zero-order chi connectivity index (χ0) is 13.8. The van der Waals surface area contributed by atoms with E-state index in [0.29, 0.717) is 19.0 Å². The third-order valence-electron chi connectivity index (χ3n) is 2.92. The average Bonchev–Trinajstić information content (AvgIpc) is 2.79. The quantitative estimate of drug-likeness (QED) is 0.915. The number of aliphatic hydroxyl groups excluding tert-OH is 1. The van der Waals surface area contributed by atoms with Gasteiger partial charge in [0.1, 0.15) is 6.61 Å². The van der Waals surface area contributed by atoms with Gasteiger partial charge in [-0.25, -0.2) is 0 Å². The summed E-state index contributed by atoms with van der Waals surface area (Å²) < 4.78 is 8.00. The minimum atomic E-state index is -0.133. The van der Waals surface area contributed by atoms with Gasteiger partial charge >= 0.3 is 0 Å². The molecule has 0 amide bonds. The van der Waals surface area contributed by atoms with Crippen LogP contribution in [0.4, 0.5) is 0 Å². The van der Waals surface area contributed by atoms with Gasteiger partial charge in [0.25, 0.3) is 0 Å². The zero-order valence-electron chi connectivity index (χ0n) is 10.9. The highest BCUT2D eigenvalue weighted by molar-refractivity contribution is 9.10. The van der Waals surface area contributed by atoms with Crippen molar-refractivity contribution in [3.63, 3.8) is 0 Å². The molecular formula is C13H16BrN3O2. The van der Waals surface area contributed by atoms with E-state index in [0.717, 1.165) is 21.4 Å². The largest absolute Gasteiger partial charge is 0.388 e. The lowest BCUT2D eigenvalue weighted by atomic mass is 10.1. The summed E-state index contributed by atoms with van der Waals surface area (Å²) >= 11 is 3.45. The topological polar surface area (TPSA) is 60.2 Å². The molecule has 0 unspecified atom stereocenters. The Morgan fingerprint density at radius 3 is 2.79 bits per heavy atom. The molecule has 0 aliphatic carbocycles. The van der Waals surface area contributed by atoms with Gasteiger partial charge in [0.05, 0.1) is 6.61 Å². The predicted molar refractivity (Wildman–Crippen MR) is 75.7 cm³/mol. The monoisotopic (exact) mass is 325 g/mol. The Bertz CT molecular complexity index is 569. The normalized spacial score (nSPS) is 10.9. The van der Waals surface area contributed by atoms with Crippen LogP contribution in [0.25, 0.3) is 11.4 Å². The first kappa shape index (κ1) is 14.2. The minimum absolute atomic E-state index is 0.133. The van der Waals surface area contributed by atoms with Crippen LogP contribution in [-0.2, 0) is 17.9 Å². The first-order valence-corrected chi connectivity index (χ1v) is 6.75. The second-order valence-corrected chi connectivity index (χ2v) is 5.12. The van der Waals surface area contributed by atoms with E-state index in [1.165, 1.54) is 0 Å². The molecule has 1 heterocycles. The summed E-state index contributed by atoms with van der Waals surface area (Å²) in [5.74, 6) is 1.31. The third-order valence-corrected chi connectivity index (χ3v) is 3.41. The molecule has 1 aromatic heterocycles. The Labute approximate surface area is 120 Å². The molecule has 0 aliphatic rings. The summed E-state index contributed by atoms with van der Waals surface area (Å²) in [7, 11) is 1.65. The van der Waals surface area contributed by atoms with Gasteiger partial charge in [-0.1, -0.05) is 15.9 Å². The van der Waals surface area contributed by atoms with Gasteiger partial charge in [-0.3, -0.25) is 0 Å². The molecule has 0 atom stereocenters. The van der Waals surface area contributed by atoms with Gasteiger partial charge in [-0.15, -0.1) is 10.2 Å². The van der Waals surface area contributed by atoms with Crippen LogP contribution in [0.2, 0.25) is 0 Å². The second-order valence-electron chi connectivity index (χ2n) is 4.20. The van der Waals surface area contributed by atoms with E-state index in [1.807, 2.05) is 29.7 Å². The highest BCUT2D eigenvalue weighted by atomic mass is 79.9. The summed E-state index contributed by atoms with van der Waals surface area (Å²) in [5.41, 5.74) is 2.11. The molecule has 2 aromatic rings. The van der Waals surface area contributed by atoms with Gasteiger partial charge in [0.2, 0.25) is 0 Å². The van der Waals surface area contributed by atoms with Gasteiger partial charge in [-0.05, 0) is 30.7 Å². The molecule has 0 bridgehead atoms. The first-order valence-electron chi connectivity index (χ1n) is 5.95. The number of ether oxygens (including phenoxy) is 1. The average molecular weight is 326 g/mol. The number of aromatic nitrogens is 3. The van der Waals surface area contributed by atoms with Crippen molar-refractivity contribution in [3.05, 3.63) is 34.1 Å². The van der Waals surface area contributed by atoms with Crippen LogP contribution >= 0.6 is 15.9 Å². The van der Waals surface area contributed by atoms with Crippen molar-refractivity contribution >= 4 is 15.9 Å². The van der Waals surface area contributed by atoms with Crippen molar-refractivity contribution < 1.29 is 9.84 Å². The SMILES string of the molecule is COCCn1c(CO)nnc1-c1ccc(Br)cc1C. The number of halogens is 1. The second kappa shape index (κ2) is 6.27. The molecule has 19 heavy (non-hydrogen) atoms. The first-order chi connectivity index (χ1) is 9.17. The number of rotatable bonds is 5. The molecule has 6 heteroatoms. The fraction of sp³-hybridized carbons (Fsp3) is 0.385. The van der Waals surface area contributed by atoms with E-state index in [4.69, 9.17) is 4.74 Å². The molecule has 1 aromatic carbocycles. The van der Waals surface area contributed by atoms with Crippen LogP contribution < -0.4 is 0 Å². The standard InChI is InChI=1S/C13H16BrN3O2/c1-9-7-10(14)3-4-11(9)13-16-15-12(8-18)17(13)5-6-19-2/h3-4,7,18H,5-6,8H2,1-2H3. The molecule has 0 saturated heterocycles. The number of hydrogen-bond acceptors (Lipinski definition) is 4. The summed E-state index contributed by atoms with van der Waals surface area (Å²) in [6, 6.07) is 5.99. The van der Waals surface area contributed by atoms with Crippen LogP contribution in [0.5, 0.6) is 0 Å². The Balaban J connectivity index is 2.46. The van der Waals surface area contributed by atoms with E-state index in [-0.39, 0.29) is 6.61 Å². The lowest BCUT2D eigenvalue weighted by Crippen LogP contribution is -2.10. The van der Waals surface area contributed by atoms with Crippen molar-refractivity contribution in [3.8, 4) is 11.4 Å². The van der Waals surface area contributed by atoms with Crippen molar-refractivity contribution in [2.75, 3.05) is 13.7 Å². The van der Waals surface area contributed by atoms with Crippen molar-refractivity contribution in [2.45, 2.75) is 20.1 Å². The smallest absolute Gasteiger partial charge is 0.164 e. The predicted octanol–water partition coefficient (Wildman–Crippen LogP) is 2.15. The number of benzene rings is 1. The lowest BCUT2D eigenvalue weighted by Gasteiger charge is -2.10. The molecule has 1 N–H and O–H groups in total. The molecule has 0 aliphatic heterocycles. The van der Waals surface area contributed by atoms with Crippen LogP contribution in [0, 0.1) is 6.92 Å². The van der Waals surface area contributed by atoms with E-state index in [1.54, 1.807) is 7.11 Å². The molecule has 2 rings (SSSR count). The van der Waals surface area contributed by atoms with Crippen LogP contribution in [0.15, 0.2) is 22.7 Å². The minimum Gasteiger partial charge on any atom is -0.388 e. The highest BCUT2D eigenvalue weighted by Gasteiger charge is 2.14. The summed E-state index contributed by atoms with van der Waals surface area (Å²) in [5, 5.41) is 17.5. The molecule has 5 nitrogen and oxygen atoms in total. The number of aliphatic hydroxyl groups is 1. The van der Waals surface area contributed by atoms with E-state index in [2.05, 4.69) is 26.1 Å². The molecule has 0 fully saturated rings. The number of methoxy groups -OCH3 is 1. The van der Waals surface area contributed by atoms with Crippen molar-refractivity contribution in [1.29, 1.82) is 0 Å². The number of aryl methyl sites for hydroxylation is 1. The number of nitrogens with zero attached hydrogens (tertiary/aromatic N) is 3. The van der Waals surface area contributed by atoms with Crippen molar-refractivity contribution in [2.24, 2.45) is 0 Å². The van der Waals surface area contributed by atoms with Crippen LogP contribution in [0.1, 0.15) is 11.4 Å².